The lowest BCUT2D eigenvalue weighted by Gasteiger charge is -2.31. The van der Waals surface area contributed by atoms with Gasteiger partial charge in [0.2, 0.25) is 0 Å². The van der Waals surface area contributed by atoms with Gasteiger partial charge in [-0.15, -0.1) is 0 Å². The second-order valence-electron chi connectivity index (χ2n) is 7.69. The number of nitrogens with zero attached hydrogens (tertiary/aromatic N) is 3. The molecule has 0 radical (unpaired) electrons. The Bertz CT molecular complexity index is 1370. The van der Waals surface area contributed by atoms with E-state index in [1.165, 1.54) is 5.56 Å². The number of aryl methyl sites for hydroxylation is 2. The van der Waals surface area contributed by atoms with Gasteiger partial charge in [-0.05, 0) is 55.7 Å². The van der Waals surface area contributed by atoms with Crippen LogP contribution in [0, 0.1) is 6.92 Å². The Morgan fingerprint density at radius 2 is 1.55 bits per heavy atom. The number of benzene rings is 3. The maximum Gasteiger partial charge on any atom is 0.263 e. The van der Waals surface area contributed by atoms with Crippen molar-refractivity contribution in [1.29, 1.82) is 0 Å². The summed E-state index contributed by atoms with van der Waals surface area (Å²) in [6.07, 6.45) is 1.94. The van der Waals surface area contributed by atoms with E-state index in [0.29, 0.717) is 11.3 Å². The van der Waals surface area contributed by atoms with E-state index in [4.69, 9.17) is 4.98 Å². The van der Waals surface area contributed by atoms with E-state index in [2.05, 4.69) is 20.7 Å². The van der Waals surface area contributed by atoms with Crippen molar-refractivity contribution < 1.29 is 8.42 Å². The molecule has 1 aromatic heterocycles. The summed E-state index contributed by atoms with van der Waals surface area (Å²) in [6, 6.07) is 22.4. The van der Waals surface area contributed by atoms with Gasteiger partial charge in [0.1, 0.15) is 0 Å². The molecule has 0 atom stereocenters. The highest BCUT2D eigenvalue weighted by atomic mass is 32.2. The zero-order valence-electron chi connectivity index (χ0n) is 17.1. The van der Waals surface area contributed by atoms with Gasteiger partial charge in [-0.3, -0.25) is 4.72 Å². The number of para-hydroxylation sites is 3. The van der Waals surface area contributed by atoms with E-state index in [1.54, 1.807) is 24.3 Å². The summed E-state index contributed by atoms with van der Waals surface area (Å²) in [5, 5.41) is 0. The van der Waals surface area contributed by atoms with E-state index < -0.39 is 10.0 Å². The molecule has 0 saturated carbocycles. The van der Waals surface area contributed by atoms with Crippen LogP contribution >= 0.6 is 0 Å². The van der Waals surface area contributed by atoms with Crippen LogP contribution in [0.3, 0.4) is 0 Å². The number of hydrogen-bond acceptors (Lipinski definition) is 5. The van der Waals surface area contributed by atoms with Crippen LogP contribution in [0.5, 0.6) is 0 Å². The van der Waals surface area contributed by atoms with Crippen molar-refractivity contribution in [2.24, 2.45) is 0 Å². The first-order valence-corrected chi connectivity index (χ1v) is 11.7. The average molecular weight is 431 g/mol. The van der Waals surface area contributed by atoms with Gasteiger partial charge in [-0.2, -0.15) is 0 Å². The number of nitrogens with one attached hydrogen (secondary N) is 1. The van der Waals surface area contributed by atoms with E-state index in [1.807, 2.05) is 49.4 Å². The van der Waals surface area contributed by atoms with Gasteiger partial charge >= 0.3 is 0 Å². The molecule has 0 saturated heterocycles. The third-order valence-electron chi connectivity index (χ3n) is 5.48. The molecule has 1 aliphatic rings. The first kappa shape index (κ1) is 19.5. The van der Waals surface area contributed by atoms with Crippen molar-refractivity contribution in [2.75, 3.05) is 16.2 Å². The van der Waals surface area contributed by atoms with Gasteiger partial charge in [0.25, 0.3) is 10.0 Å². The Labute approximate surface area is 181 Å². The molecule has 6 nitrogen and oxygen atoms in total. The Morgan fingerprint density at radius 1 is 0.871 bits per heavy atom. The summed E-state index contributed by atoms with van der Waals surface area (Å²) < 4.78 is 29.0. The van der Waals surface area contributed by atoms with E-state index in [-0.39, 0.29) is 10.7 Å². The van der Waals surface area contributed by atoms with Gasteiger partial charge < -0.3 is 4.90 Å². The maximum atomic E-state index is 13.1. The quantitative estimate of drug-likeness (QED) is 0.502. The Balaban J connectivity index is 1.65. The molecular weight excluding hydrogens is 408 g/mol. The van der Waals surface area contributed by atoms with Crippen molar-refractivity contribution >= 4 is 38.4 Å². The maximum absolute atomic E-state index is 13.1. The molecule has 156 valence electrons. The number of rotatable bonds is 4. The normalized spacial score (nSPS) is 13.8. The summed E-state index contributed by atoms with van der Waals surface area (Å²) in [5.41, 5.74) is 4.61. The summed E-state index contributed by atoms with van der Waals surface area (Å²) in [6.45, 7) is 2.66. The van der Waals surface area contributed by atoms with Crippen LogP contribution in [0.1, 0.15) is 17.5 Å². The number of aromatic nitrogens is 2. The number of sulfonamides is 1. The topological polar surface area (TPSA) is 75.2 Å². The fourth-order valence-corrected chi connectivity index (χ4v) is 4.91. The smallest absolute Gasteiger partial charge is 0.263 e. The van der Waals surface area contributed by atoms with Crippen molar-refractivity contribution in [2.45, 2.75) is 24.7 Å². The zero-order valence-corrected chi connectivity index (χ0v) is 17.9. The van der Waals surface area contributed by atoms with E-state index in [0.717, 1.165) is 36.2 Å². The number of fused-ring (bicyclic) bond motifs is 2. The SMILES string of the molecule is Cc1ccc(S(=O)(=O)Nc2nc3ccccc3nc2N2CCCc3ccccc32)cc1. The highest BCUT2D eigenvalue weighted by Crippen LogP contribution is 2.37. The summed E-state index contributed by atoms with van der Waals surface area (Å²) in [4.78, 5) is 11.7. The van der Waals surface area contributed by atoms with Gasteiger partial charge in [0.15, 0.2) is 11.6 Å². The third-order valence-corrected chi connectivity index (χ3v) is 6.84. The van der Waals surface area contributed by atoms with Gasteiger partial charge in [0.05, 0.1) is 15.9 Å². The van der Waals surface area contributed by atoms with Gasteiger partial charge in [-0.25, -0.2) is 18.4 Å². The Hall–Kier alpha value is -3.45. The van der Waals surface area contributed by atoms with Crippen molar-refractivity contribution in [3.63, 3.8) is 0 Å². The molecule has 0 fully saturated rings. The predicted octanol–water partition coefficient (Wildman–Crippen LogP) is 4.82. The van der Waals surface area contributed by atoms with Crippen LogP contribution in [0.15, 0.2) is 77.7 Å². The summed E-state index contributed by atoms with van der Waals surface area (Å²) >= 11 is 0. The molecule has 0 unspecified atom stereocenters. The van der Waals surface area contributed by atoms with E-state index in [9.17, 15) is 8.42 Å². The van der Waals surface area contributed by atoms with Gasteiger partial charge in [-0.1, -0.05) is 48.0 Å². The molecule has 4 aromatic rings. The molecule has 0 aliphatic carbocycles. The molecule has 7 heteroatoms. The first-order valence-electron chi connectivity index (χ1n) is 10.2. The first-order chi connectivity index (χ1) is 15.0. The molecule has 0 spiro atoms. The molecular formula is C24H22N4O2S. The molecule has 1 N–H and O–H groups in total. The summed E-state index contributed by atoms with van der Waals surface area (Å²) in [7, 11) is -3.82. The summed E-state index contributed by atoms with van der Waals surface area (Å²) in [5.74, 6) is 0.748. The molecule has 31 heavy (non-hydrogen) atoms. The fourth-order valence-electron chi connectivity index (χ4n) is 3.90. The monoisotopic (exact) mass is 430 g/mol. The van der Waals surface area contributed by atoms with E-state index >= 15 is 0 Å². The van der Waals surface area contributed by atoms with Crippen molar-refractivity contribution in [3.8, 4) is 0 Å². The highest BCUT2D eigenvalue weighted by molar-refractivity contribution is 7.92. The van der Waals surface area contributed by atoms with Crippen LogP contribution in [0.4, 0.5) is 17.3 Å². The van der Waals surface area contributed by atoms with Crippen LogP contribution in [-0.4, -0.2) is 24.9 Å². The molecule has 0 bridgehead atoms. The minimum Gasteiger partial charge on any atom is -0.323 e. The fraction of sp³-hybridized carbons (Fsp3) is 0.167. The second-order valence-corrected chi connectivity index (χ2v) is 9.37. The highest BCUT2D eigenvalue weighted by Gasteiger charge is 2.25. The Morgan fingerprint density at radius 3 is 2.32 bits per heavy atom. The molecule has 0 amide bonds. The standard InChI is InChI=1S/C24H22N4O2S/c1-17-12-14-19(15-13-17)31(29,30)27-23-24(26-21-10-4-3-9-20(21)25-23)28-16-6-8-18-7-2-5-11-22(18)28/h2-5,7,9-15H,6,8,16H2,1H3,(H,25,27). The Kier molecular flexibility index (Phi) is 4.82. The molecule has 3 aromatic carbocycles. The zero-order chi connectivity index (χ0) is 21.4. The lowest BCUT2D eigenvalue weighted by Crippen LogP contribution is -2.27. The average Bonchev–Trinajstić information content (AvgIpc) is 2.78. The largest absolute Gasteiger partial charge is 0.323 e. The van der Waals surface area contributed by atoms with Crippen LogP contribution < -0.4 is 9.62 Å². The molecule has 2 heterocycles. The second kappa shape index (κ2) is 7.67. The predicted molar refractivity (Wildman–Crippen MR) is 123 cm³/mol. The van der Waals surface area contributed by atoms with Crippen LogP contribution in [-0.2, 0) is 16.4 Å². The lowest BCUT2D eigenvalue weighted by molar-refractivity contribution is 0.601. The van der Waals surface area contributed by atoms with Crippen LogP contribution in [0.2, 0.25) is 0 Å². The molecule has 1 aliphatic heterocycles. The van der Waals surface area contributed by atoms with Crippen LogP contribution in [0.25, 0.3) is 11.0 Å². The number of hydrogen-bond donors (Lipinski definition) is 1. The van der Waals surface area contributed by atoms with Crippen molar-refractivity contribution in [3.05, 3.63) is 83.9 Å². The minimum absolute atomic E-state index is 0.193. The lowest BCUT2D eigenvalue weighted by atomic mass is 10.0. The molecule has 5 rings (SSSR count). The van der Waals surface area contributed by atoms with Crippen molar-refractivity contribution in [1.82, 2.24) is 9.97 Å². The van der Waals surface area contributed by atoms with Gasteiger partial charge in [0, 0.05) is 12.2 Å². The number of anilines is 3. The minimum atomic E-state index is -3.82. The third kappa shape index (κ3) is 3.72.